The van der Waals surface area contributed by atoms with E-state index in [2.05, 4.69) is 0 Å². The number of benzene rings is 1. The predicted molar refractivity (Wildman–Crippen MR) is 81.6 cm³/mol. The quantitative estimate of drug-likeness (QED) is 0.406. The molecule has 0 aliphatic heterocycles. The van der Waals surface area contributed by atoms with Crippen molar-refractivity contribution in [3.8, 4) is 5.75 Å². The van der Waals surface area contributed by atoms with Gasteiger partial charge in [0.1, 0.15) is 12.0 Å². The van der Waals surface area contributed by atoms with Crippen LogP contribution in [0.4, 0.5) is 0 Å². The highest BCUT2D eigenvalue weighted by Gasteiger charge is 2.43. The van der Waals surface area contributed by atoms with Gasteiger partial charge >= 0.3 is 0 Å². The maximum atomic E-state index is 10.7. The third-order valence-electron chi connectivity index (χ3n) is 4.05. The number of ether oxygens (including phenoxy) is 1. The Morgan fingerprint density at radius 2 is 1.95 bits per heavy atom. The highest BCUT2D eigenvalue weighted by atomic mass is 16.5. The van der Waals surface area contributed by atoms with Crippen molar-refractivity contribution in [3.63, 3.8) is 0 Å². The Morgan fingerprint density at radius 1 is 1.23 bits per heavy atom. The molecule has 120 valence electrons. The first-order valence-electron chi connectivity index (χ1n) is 7.50. The van der Waals surface area contributed by atoms with E-state index in [1.165, 1.54) is 0 Å². The number of aldehydes is 1. The second-order valence-electron chi connectivity index (χ2n) is 5.54. The van der Waals surface area contributed by atoms with Gasteiger partial charge < -0.3 is 24.9 Å². The van der Waals surface area contributed by atoms with Crippen molar-refractivity contribution >= 4 is 6.29 Å². The van der Waals surface area contributed by atoms with Crippen LogP contribution in [0.25, 0.3) is 0 Å². The van der Waals surface area contributed by atoms with Crippen LogP contribution in [-0.4, -0.2) is 40.4 Å². The predicted octanol–water partition coefficient (Wildman–Crippen LogP) is 1.84. The van der Waals surface area contributed by atoms with E-state index in [1.807, 2.05) is 30.3 Å². The van der Waals surface area contributed by atoms with Crippen molar-refractivity contribution in [3.05, 3.63) is 42.2 Å². The van der Waals surface area contributed by atoms with Crippen LogP contribution in [0.2, 0.25) is 0 Å². The second-order valence-corrected chi connectivity index (χ2v) is 5.54. The summed E-state index contributed by atoms with van der Waals surface area (Å²) in [6, 6.07) is 9.35. The average Bonchev–Trinajstić information content (AvgIpc) is 2.79. The summed E-state index contributed by atoms with van der Waals surface area (Å²) in [5.74, 6) is -0.242. The Labute approximate surface area is 129 Å². The first-order chi connectivity index (χ1) is 10.6. The molecule has 1 aromatic rings. The summed E-state index contributed by atoms with van der Waals surface area (Å²) in [4.78, 5) is 10.7. The zero-order valence-corrected chi connectivity index (χ0v) is 12.3. The normalized spacial score (nSPS) is 28.5. The number of hydrogen-bond donors (Lipinski definition) is 3. The Hall–Kier alpha value is -1.85. The Morgan fingerprint density at radius 3 is 2.64 bits per heavy atom. The number of aliphatic hydroxyl groups excluding tert-OH is 3. The maximum absolute atomic E-state index is 10.7. The topological polar surface area (TPSA) is 87.0 Å². The molecule has 1 aromatic carbocycles. The molecule has 0 bridgehead atoms. The number of carbonyl (C=O) groups excluding carboxylic acids is 1. The molecule has 1 saturated carbocycles. The lowest BCUT2D eigenvalue weighted by Crippen LogP contribution is -2.24. The van der Waals surface area contributed by atoms with Gasteiger partial charge in [0.05, 0.1) is 24.6 Å². The fourth-order valence-corrected chi connectivity index (χ4v) is 2.96. The lowest BCUT2D eigenvalue weighted by molar-refractivity contribution is -0.109. The molecule has 1 fully saturated rings. The van der Waals surface area contributed by atoms with Gasteiger partial charge in [-0.1, -0.05) is 18.2 Å². The third kappa shape index (κ3) is 4.08. The van der Waals surface area contributed by atoms with Crippen molar-refractivity contribution in [1.82, 2.24) is 0 Å². The van der Waals surface area contributed by atoms with E-state index >= 15 is 0 Å². The van der Waals surface area contributed by atoms with Crippen molar-refractivity contribution in [2.24, 2.45) is 11.8 Å². The molecule has 3 N–H and O–H groups in total. The summed E-state index contributed by atoms with van der Waals surface area (Å²) in [5.41, 5.74) is 0. The van der Waals surface area contributed by atoms with Gasteiger partial charge in [-0.3, -0.25) is 0 Å². The Bertz CT molecular complexity index is 499. The van der Waals surface area contributed by atoms with Crippen LogP contribution in [0.3, 0.4) is 0 Å². The average molecular weight is 306 g/mol. The summed E-state index contributed by atoms with van der Waals surface area (Å²) >= 11 is 0. The van der Waals surface area contributed by atoms with Crippen LogP contribution in [0, 0.1) is 11.8 Å². The van der Waals surface area contributed by atoms with Gasteiger partial charge in [-0.25, -0.2) is 0 Å². The van der Waals surface area contributed by atoms with E-state index in [9.17, 15) is 20.1 Å². The molecule has 2 rings (SSSR count). The van der Waals surface area contributed by atoms with Crippen LogP contribution < -0.4 is 4.74 Å². The standard InChI is InChI=1S/C17H22O5/c18-9-8-13-15(20)11-16(21)17(13)14(19)7-4-10-22-12-5-2-1-3-6-12/h1-3,5-7,9,13,15-17,19-21H,4,8,10-11H2/t13-,15-,16+,17-/m1/s1. The van der Waals surface area contributed by atoms with Crippen molar-refractivity contribution < 1.29 is 24.9 Å². The van der Waals surface area contributed by atoms with Gasteiger partial charge in [0.25, 0.3) is 0 Å². The van der Waals surface area contributed by atoms with E-state index in [1.54, 1.807) is 6.08 Å². The number of aliphatic hydroxyl groups is 3. The van der Waals surface area contributed by atoms with Gasteiger partial charge in [-0.15, -0.1) is 0 Å². The van der Waals surface area contributed by atoms with Crippen molar-refractivity contribution in [2.75, 3.05) is 6.61 Å². The number of carbonyl (C=O) groups is 1. The summed E-state index contributed by atoms with van der Waals surface area (Å²) in [6.07, 6.45) is 1.50. The molecule has 5 heteroatoms. The zero-order valence-electron chi connectivity index (χ0n) is 12.3. The Kier molecular flexibility index (Phi) is 5.98. The van der Waals surface area contributed by atoms with Gasteiger partial charge in [0, 0.05) is 31.1 Å². The van der Waals surface area contributed by atoms with Crippen molar-refractivity contribution in [2.45, 2.75) is 31.5 Å². The van der Waals surface area contributed by atoms with Crippen LogP contribution >= 0.6 is 0 Å². The molecular weight excluding hydrogens is 284 g/mol. The minimum Gasteiger partial charge on any atom is -0.512 e. The van der Waals surface area contributed by atoms with Gasteiger partial charge in [-0.05, 0) is 18.2 Å². The molecule has 1 aliphatic carbocycles. The van der Waals surface area contributed by atoms with E-state index in [0.717, 1.165) is 5.75 Å². The molecule has 0 spiro atoms. The first kappa shape index (κ1) is 16.5. The minimum absolute atomic E-state index is 0.0209. The van der Waals surface area contributed by atoms with Crippen molar-refractivity contribution in [1.29, 1.82) is 0 Å². The summed E-state index contributed by atoms with van der Waals surface area (Å²) in [7, 11) is 0. The molecule has 0 unspecified atom stereocenters. The van der Waals surface area contributed by atoms with Crippen LogP contribution in [0.15, 0.2) is 42.2 Å². The summed E-state index contributed by atoms with van der Waals surface area (Å²) in [5, 5.41) is 30.0. The van der Waals surface area contributed by atoms with Gasteiger partial charge in [0.2, 0.25) is 0 Å². The lowest BCUT2D eigenvalue weighted by atomic mass is 9.89. The summed E-state index contributed by atoms with van der Waals surface area (Å²) < 4.78 is 5.52. The largest absolute Gasteiger partial charge is 0.512 e. The molecule has 5 nitrogen and oxygen atoms in total. The third-order valence-corrected chi connectivity index (χ3v) is 4.05. The highest BCUT2D eigenvalue weighted by molar-refractivity contribution is 5.50. The monoisotopic (exact) mass is 306 g/mol. The van der Waals surface area contributed by atoms with E-state index in [-0.39, 0.29) is 18.6 Å². The first-order valence-corrected chi connectivity index (χ1v) is 7.50. The highest BCUT2D eigenvalue weighted by Crippen LogP contribution is 2.38. The molecule has 0 saturated heterocycles. The van der Waals surface area contributed by atoms with Gasteiger partial charge in [0.15, 0.2) is 0 Å². The van der Waals surface area contributed by atoms with E-state index in [0.29, 0.717) is 19.3 Å². The fourth-order valence-electron chi connectivity index (χ4n) is 2.96. The molecule has 0 amide bonds. The number of rotatable bonds is 7. The fraction of sp³-hybridized carbons (Fsp3) is 0.471. The van der Waals surface area contributed by atoms with Crippen LogP contribution in [0.1, 0.15) is 19.3 Å². The molecule has 1 aliphatic rings. The zero-order chi connectivity index (χ0) is 15.9. The van der Waals surface area contributed by atoms with Crippen LogP contribution in [0.5, 0.6) is 5.75 Å². The molecular formula is C17H22O5. The SMILES string of the molecule is O=CC[C@H]1[C@H](C(O)=CCCOc2ccccc2)[C@@H](O)C[C@H]1O. The van der Waals surface area contributed by atoms with Gasteiger partial charge in [-0.2, -0.15) is 0 Å². The molecule has 0 heterocycles. The molecule has 22 heavy (non-hydrogen) atoms. The molecule has 0 radical (unpaired) electrons. The summed E-state index contributed by atoms with van der Waals surface area (Å²) in [6.45, 7) is 0.401. The molecule has 0 aromatic heterocycles. The lowest BCUT2D eigenvalue weighted by Gasteiger charge is -2.21. The Balaban J connectivity index is 1.88. The van der Waals surface area contributed by atoms with E-state index in [4.69, 9.17) is 4.74 Å². The number of hydrogen-bond acceptors (Lipinski definition) is 5. The second kappa shape index (κ2) is 7.96. The maximum Gasteiger partial charge on any atom is 0.120 e. The smallest absolute Gasteiger partial charge is 0.120 e. The van der Waals surface area contributed by atoms with Crippen LogP contribution in [-0.2, 0) is 4.79 Å². The molecule has 4 atom stereocenters. The number of para-hydroxylation sites is 1. The minimum atomic E-state index is -0.828. The van der Waals surface area contributed by atoms with E-state index < -0.39 is 24.0 Å².